The number of aromatic nitrogens is 1. The first-order chi connectivity index (χ1) is 9.16. The largest absolute Gasteiger partial charge is 0.871 e. The minimum absolute atomic E-state index is 0.0735. The highest BCUT2D eigenvalue weighted by Gasteiger charge is 2.27. The molecule has 6 nitrogen and oxygen atoms in total. The van der Waals surface area contributed by atoms with Gasteiger partial charge in [-0.25, -0.2) is 14.9 Å². The first-order valence-electron chi connectivity index (χ1n) is 5.46. The number of fused-ring (bicyclic) bond motifs is 1. The first-order valence-corrected chi connectivity index (χ1v) is 5.46. The molecule has 94 valence electrons. The molecule has 0 spiro atoms. The number of hydrogen-bond donors (Lipinski definition) is 1. The number of rotatable bonds is 1. The summed E-state index contributed by atoms with van der Waals surface area (Å²) in [6.45, 7) is 0. The number of allylic oxidation sites excluding steroid dienone is 1. The van der Waals surface area contributed by atoms with E-state index in [9.17, 15) is 14.7 Å². The Morgan fingerprint density at radius 1 is 1.16 bits per heavy atom. The Morgan fingerprint density at radius 2 is 1.89 bits per heavy atom. The summed E-state index contributed by atoms with van der Waals surface area (Å²) in [7, 11) is 0. The number of benzene rings is 1. The minimum atomic E-state index is -0.859. The van der Waals surface area contributed by atoms with Gasteiger partial charge in [-0.05, 0) is 18.2 Å². The van der Waals surface area contributed by atoms with Gasteiger partial charge in [-0.1, -0.05) is 24.0 Å². The molecular formula is C13H7N2O4-. The molecule has 6 heteroatoms. The second-order valence-corrected chi connectivity index (χ2v) is 3.91. The molecule has 19 heavy (non-hydrogen) atoms. The van der Waals surface area contributed by atoms with Crippen LogP contribution in [0.25, 0.3) is 5.76 Å². The highest BCUT2D eigenvalue weighted by molar-refractivity contribution is 6.52. The summed E-state index contributed by atoms with van der Waals surface area (Å²) in [6.07, 6.45) is 1.09. The van der Waals surface area contributed by atoms with Crippen LogP contribution in [0.4, 0.5) is 5.69 Å². The second kappa shape index (κ2) is 4.09. The topological polar surface area (TPSA) is 98.5 Å². The van der Waals surface area contributed by atoms with Crippen molar-refractivity contribution in [3.63, 3.8) is 0 Å². The first kappa shape index (κ1) is 11.2. The maximum absolute atomic E-state index is 12.1. The Labute approximate surface area is 106 Å². The normalized spacial score (nSPS) is 16.3. The van der Waals surface area contributed by atoms with Gasteiger partial charge in [-0.15, -0.1) is 0 Å². The zero-order valence-corrected chi connectivity index (χ0v) is 9.54. The van der Waals surface area contributed by atoms with Gasteiger partial charge < -0.3 is 9.63 Å². The third-order valence-corrected chi connectivity index (χ3v) is 2.68. The van der Waals surface area contributed by atoms with E-state index in [2.05, 4.69) is 14.7 Å². The van der Waals surface area contributed by atoms with Crippen molar-refractivity contribution in [1.82, 2.24) is 5.16 Å². The number of hydrogen-bond acceptors (Lipinski definition) is 5. The molecule has 1 aromatic carbocycles. The lowest BCUT2D eigenvalue weighted by molar-refractivity contribution is -0.244. The SMILES string of the molecule is O=C1C(=Nc2ccccc2)C=C([O-])c2[nH]oc(=O)c21. The Bertz CT molecular complexity index is 765. The molecule has 1 N–H and O–H groups in total. The zero-order valence-electron chi connectivity index (χ0n) is 9.54. The van der Waals surface area contributed by atoms with Crippen LogP contribution in [-0.4, -0.2) is 16.7 Å². The van der Waals surface area contributed by atoms with E-state index in [1.165, 1.54) is 0 Å². The van der Waals surface area contributed by atoms with Crippen LogP contribution in [0.15, 0.2) is 50.7 Å². The molecule has 0 atom stereocenters. The number of ketones is 1. The monoisotopic (exact) mass is 255 g/mol. The molecule has 0 amide bonds. The van der Waals surface area contributed by atoms with E-state index in [0.717, 1.165) is 6.08 Å². The lowest BCUT2D eigenvalue weighted by atomic mass is 10.00. The number of nitrogens with zero attached hydrogens (tertiary/aromatic N) is 1. The quantitative estimate of drug-likeness (QED) is 0.808. The Kier molecular flexibility index (Phi) is 2.42. The molecule has 0 bridgehead atoms. The summed E-state index contributed by atoms with van der Waals surface area (Å²) in [4.78, 5) is 27.5. The van der Waals surface area contributed by atoms with Crippen LogP contribution in [0.2, 0.25) is 0 Å². The minimum Gasteiger partial charge on any atom is -0.871 e. The molecule has 0 radical (unpaired) electrons. The highest BCUT2D eigenvalue weighted by Crippen LogP contribution is 2.19. The van der Waals surface area contributed by atoms with E-state index in [4.69, 9.17) is 0 Å². The van der Waals surface area contributed by atoms with Crippen LogP contribution in [0.5, 0.6) is 0 Å². The van der Waals surface area contributed by atoms with Gasteiger partial charge in [0.2, 0.25) is 5.78 Å². The molecule has 1 heterocycles. The van der Waals surface area contributed by atoms with E-state index in [1.54, 1.807) is 30.3 Å². The van der Waals surface area contributed by atoms with Gasteiger partial charge in [0.05, 0.1) is 11.4 Å². The number of aliphatic imine (C=N–C) groups is 1. The van der Waals surface area contributed by atoms with Crippen LogP contribution in [0.1, 0.15) is 16.1 Å². The summed E-state index contributed by atoms with van der Waals surface area (Å²) in [6, 6.07) is 8.69. The molecule has 0 aliphatic heterocycles. The van der Waals surface area contributed by atoms with Crippen molar-refractivity contribution in [3.8, 4) is 0 Å². The fourth-order valence-electron chi connectivity index (χ4n) is 1.80. The van der Waals surface area contributed by atoms with Crippen molar-refractivity contribution < 1.29 is 14.4 Å². The highest BCUT2D eigenvalue weighted by atomic mass is 16.5. The lowest BCUT2D eigenvalue weighted by Crippen LogP contribution is -2.26. The summed E-state index contributed by atoms with van der Waals surface area (Å²) in [5, 5.41) is 13.9. The third-order valence-electron chi connectivity index (χ3n) is 2.68. The van der Waals surface area contributed by atoms with Crippen molar-refractivity contribution in [2.45, 2.75) is 0 Å². The average Bonchev–Trinajstić information content (AvgIpc) is 2.80. The predicted molar refractivity (Wildman–Crippen MR) is 65.2 cm³/mol. The number of nitrogens with one attached hydrogen (secondary N) is 1. The number of H-pyrrole nitrogens is 1. The van der Waals surface area contributed by atoms with Crippen LogP contribution >= 0.6 is 0 Å². The van der Waals surface area contributed by atoms with E-state index >= 15 is 0 Å². The number of carbonyl (C=O) groups is 1. The van der Waals surface area contributed by atoms with Crippen LogP contribution in [0, 0.1) is 0 Å². The Morgan fingerprint density at radius 3 is 2.63 bits per heavy atom. The molecule has 1 aromatic heterocycles. The van der Waals surface area contributed by atoms with Gasteiger partial charge in [-0.2, -0.15) is 0 Å². The van der Waals surface area contributed by atoms with Gasteiger partial charge in [0, 0.05) is 0 Å². The van der Waals surface area contributed by atoms with Gasteiger partial charge in [0.25, 0.3) is 0 Å². The maximum atomic E-state index is 12.1. The van der Waals surface area contributed by atoms with Crippen molar-refractivity contribution in [1.29, 1.82) is 0 Å². The van der Waals surface area contributed by atoms with E-state index in [1.807, 2.05) is 0 Å². The van der Waals surface area contributed by atoms with Crippen molar-refractivity contribution in [3.05, 3.63) is 58.1 Å². The van der Waals surface area contributed by atoms with Crippen LogP contribution in [0.3, 0.4) is 0 Å². The van der Waals surface area contributed by atoms with Crippen molar-refractivity contribution in [2.24, 2.45) is 4.99 Å². The lowest BCUT2D eigenvalue weighted by Gasteiger charge is -2.15. The molecule has 0 saturated heterocycles. The maximum Gasteiger partial charge on any atom is 0.369 e. The van der Waals surface area contributed by atoms with Crippen LogP contribution in [-0.2, 0) is 0 Å². The molecule has 1 aliphatic rings. The standard InChI is InChI=1S/C13H8N2O4/c16-9-6-8(14-7-4-2-1-3-5-7)12(17)10-11(9)15-19-13(10)18/h1-6,15-16H/p-1. The fourth-order valence-corrected chi connectivity index (χ4v) is 1.80. The summed E-state index contributed by atoms with van der Waals surface area (Å²) >= 11 is 0. The van der Waals surface area contributed by atoms with Crippen molar-refractivity contribution in [2.75, 3.05) is 0 Å². The number of carbonyl (C=O) groups excluding carboxylic acids is 1. The smallest absolute Gasteiger partial charge is 0.369 e. The van der Waals surface area contributed by atoms with Gasteiger partial charge in [0.15, 0.2) is 0 Å². The summed E-state index contributed by atoms with van der Waals surface area (Å²) < 4.78 is 4.46. The number of aromatic amines is 1. The van der Waals surface area contributed by atoms with Gasteiger partial charge >= 0.3 is 5.63 Å². The third kappa shape index (κ3) is 1.79. The summed E-state index contributed by atoms with van der Waals surface area (Å²) in [5.74, 6) is -1.12. The molecule has 1 aliphatic carbocycles. The molecule has 0 fully saturated rings. The van der Waals surface area contributed by atoms with E-state index in [0.29, 0.717) is 5.69 Å². The molecule has 3 rings (SSSR count). The number of Topliss-reactive ketones (excluding diaryl/α,β-unsaturated/α-hetero) is 1. The molecule has 0 unspecified atom stereocenters. The summed E-state index contributed by atoms with van der Waals surface area (Å²) in [5.41, 5.74) is -0.819. The van der Waals surface area contributed by atoms with Gasteiger partial charge in [0.1, 0.15) is 11.3 Å². The fraction of sp³-hybridized carbons (Fsp3) is 0. The molecule has 0 saturated carbocycles. The van der Waals surface area contributed by atoms with Crippen LogP contribution < -0.4 is 10.7 Å². The van der Waals surface area contributed by atoms with Gasteiger partial charge in [-0.3, -0.25) is 4.79 Å². The van der Waals surface area contributed by atoms with E-state index in [-0.39, 0.29) is 17.0 Å². The molecule has 2 aromatic rings. The van der Waals surface area contributed by atoms with E-state index < -0.39 is 17.2 Å². The zero-order chi connectivity index (χ0) is 13.4. The Hall–Kier alpha value is -2.89. The molecular weight excluding hydrogens is 248 g/mol. The number of para-hydroxylation sites is 1. The second-order valence-electron chi connectivity index (χ2n) is 3.91. The van der Waals surface area contributed by atoms with Crippen molar-refractivity contribution >= 4 is 22.9 Å². The Balaban J connectivity index is 2.14. The average molecular weight is 255 g/mol. The predicted octanol–water partition coefficient (Wildman–Crippen LogP) is 0.638.